The van der Waals surface area contributed by atoms with Crippen molar-refractivity contribution in [3.8, 4) is 44.5 Å². The molecule has 53 heavy (non-hydrogen) atoms. The Kier molecular flexibility index (Phi) is 6.83. The third kappa shape index (κ3) is 4.68. The average molecular weight is 689 g/mol. The normalized spacial score (nSPS) is 11.8. The van der Waals surface area contributed by atoms with Crippen molar-refractivity contribution in [2.75, 3.05) is 0 Å². The molecule has 0 unspecified atom stereocenters. The minimum absolute atomic E-state index is 1.21. The number of thiophene rings is 1. The van der Waals surface area contributed by atoms with Crippen LogP contribution in [0.5, 0.6) is 0 Å². The molecule has 11 rings (SSSR count). The van der Waals surface area contributed by atoms with Gasteiger partial charge in [0.1, 0.15) is 0 Å². The van der Waals surface area contributed by atoms with Crippen molar-refractivity contribution in [2.24, 2.45) is 0 Å². The fraction of sp³-hybridized carbons (Fsp3) is 0. The second kappa shape index (κ2) is 12.0. The molecule has 1 heterocycles. The molecule has 0 aliphatic rings. The largest absolute Gasteiger partial charge is 0.135 e. The first-order valence-electron chi connectivity index (χ1n) is 18.3. The lowest BCUT2D eigenvalue weighted by Gasteiger charge is -2.19. The van der Waals surface area contributed by atoms with Crippen LogP contribution in [0.1, 0.15) is 0 Å². The molecule has 0 amide bonds. The van der Waals surface area contributed by atoms with Gasteiger partial charge in [-0.3, -0.25) is 0 Å². The molecule has 246 valence electrons. The molecule has 0 N–H and O–H groups in total. The zero-order valence-corrected chi connectivity index (χ0v) is 29.7. The molecule has 0 radical (unpaired) electrons. The van der Waals surface area contributed by atoms with Crippen LogP contribution in [0.2, 0.25) is 0 Å². The van der Waals surface area contributed by atoms with Gasteiger partial charge in [0.2, 0.25) is 0 Å². The molecule has 0 saturated heterocycles. The minimum atomic E-state index is 1.21. The zero-order chi connectivity index (χ0) is 34.9. The van der Waals surface area contributed by atoms with E-state index in [1.165, 1.54) is 108 Å². The summed E-state index contributed by atoms with van der Waals surface area (Å²) in [5.41, 5.74) is 10.1. The molecule has 0 saturated carbocycles. The van der Waals surface area contributed by atoms with Crippen molar-refractivity contribution in [1.82, 2.24) is 0 Å². The van der Waals surface area contributed by atoms with Crippen LogP contribution in [0, 0.1) is 0 Å². The first-order chi connectivity index (χ1) is 26.3. The molecule has 1 heteroatoms. The predicted octanol–water partition coefficient (Wildman–Crippen LogP) is 15.3. The average Bonchev–Trinajstić information content (AvgIpc) is 3.63. The van der Waals surface area contributed by atoms with E-state index in [9.17, 15) is 0 Å². The molecule has 0 fully saturated rings. The van der Waals surface area contributed by atoms with E-state index >= 15 is 0 Å². The van der Waals surface area contributed by atoms with Gasteiger partial charge in [0.25, 0.3) is 0 Å². The summed E-state index contributed by atoms with van der Waals surface area (Å²) in [6.45, 7) is 0. The Labute approximate surface area is 311 Å². The fourth-order valence-electron chi connectivity index (χ4n) is 8.74. The van der Waals surface area contributed by atoms with Crippen molar-refractivity contribution < 1.29 is 0 Å². The Morgan fingerprint density at radius 2 is 0.755 bits per heavy atom. The SMILES string of the molecule is c1ccc(-c2cccc3ccccc23)c(-c2ccc(-c3c4ccccc4c(-c4cccc5sc6c7ccccc7ccc6c45)c4ccccc34)cc2)c1. The molecular formula is C52H32S. The number of hydrogen-bond donors (Lipinski definition) is 0. The molecule has 0 nitrogen and oxygen atoms in total. The molecule has 0 aliphatic carbocycles. The van der Waals surface area contributed by atoms with Gasteiger partial charge in [0.15, 0.2) is 0 Å². The van der Waals surface area contributed by atoms with E-state index in [0.29, 0.717) is 0 Å². The molecule has 0 atom stereocenters. The monoisotopic (exact) mass is 688 g/mol. The molecule has 0 aliphatic heterocycles. The molecular weight excluding hydrogens is 657 g/mol. The van der Waals surface area contributed by atoms with Crippen LogP contribution in [0.4, 0.5) is 0 Å². The summed E-state index contributed by atoms with van der Waals surface area (Å²) in [6, 6.07) is 71.6. The van der Waals surface area contributed by atoms with E-state index < -0.39 is 0 Å². The van der Waals surface area contributed by atoms with Gasteiger partial charge in [0.05, 0.1) is 0 Å². The van der Waals surface area contributed by atoms with E-state index in [4.69, 9.17) is 0 Å². The van der Waals surface area contributed by atoms with Crippen LogP contribution >= 0.6 is 11.3 Å². The van der Waals surface area contributed by atoms with Gasteiger partial charge in [0, 0.05) is 20.2 Å². The topological polar surface area (TPSA) is 0 Å². The number of fused-ring (bicyclic) bond motifs is 8. The zero-order valence-electron chi connectivity index (χ0n) is 28.9. The van der Waals surface area contributed by atoms with Gasteiger partial charge >= 0.3 is 0 Å². The van der Waals surface area contributed by atoms with Gasteiger partial charge < -0.3 is 0 Å². The standard InChI is InChI=1S/C52H32S/c1-3-16-37-33(13-1)15-11-24-41(37)40-19-6-5-17-38(40)35-27-29-36(30-28-35)49-42-20-7-9-22-44(42)50(45-23-10-8-21-43(45)49)46-25-12-26-48-51(46)47-32-31-34-14-2-4-18-39(34)52(47)53-48/h1-32H. The fourth-order valence-corrected chi connectivity index (χ4v) is 10.0. The maximum atomic E-state index is 2.33. The highest BCUT2D eigenvalue weighted by Gasteiger charge is 2.20. The molecule has 10 aromatic carbocycles. The Morgan fingerprint density at radius 1 is 0.264 bits per heavy atom. The second-order valence-corrected chi connectivity index (χ2v) is 15.0. The minimum Gasteiger partial charge on any atom is -0.135 e. The Balaban J connectivity index is 1.12. The van der Waals surface area contributed by atoms with Crippen LogP contribution in [-0.4, -0.2) is 0 Å². The van der Waals surface area contributed by atoms with Crippen molar-refractivity contribution in [1.29, 1.82) is 0 Å². The van der Waals surface area contributed by atoms with Crippen LogP contribution in [0.15, 0.2) is 194 Å². The highest BCUT2D eigenvalue weighted by atomic mass is 32.1. The molecule has 0 spiro atoms. The lowest BCUT2D eigenvalue weighted by atomic mass is 9.84. The van der Waals surface area contributed by atoms with Crippen molar-refractivity contribution in [3.63, 3.8) is 0 Å². The number of benzene rings is 10. The van der Waals surface area contributed by atoms with E-state index in [1.807, 2.05) is 11.3 Å². The molecule has 1 aromatic heterocycles. The maximum Gasteiger partial charge on any atom is 0.0434 e. The number of hydrogen-bond acceptors (Lipinski definition) is 1. The van der Waals surface area contributed by atoms with E-state index in [0.717, 1.165) is 0 Å². The van der Waals surface area contributed by atoms with E-state index in [1.54, 1.807) is 0 Å². The van der Waals surface area contributed by atoms with Gasteiger partial charge in [-0.15, -0.1) is 11.3 Å². The predicted molar refractivity (Wildman–Crippen MR) is 231 cm³/mol. The maximum absolute atomic E-state index is 2.33. The van der Waals surface area contributed by atoms with Crippen LogP contribution in [-0.2, 0) is 0 Å². The summed E-state index contributed by atoms with van der Waals surface area (Å²) in [7, 11) is 0. The summed E-state index contributed by atoms with van der Waals surface area (Å²) in [5.74, 6) is 0. The van der Waals surface area contributed by atoms with Crippen LogP contribution < -0.4 is 0 Å². The van der Waals surface area contributed by atoms with Crippen molar-refractivity contribution >= 4 is 74.6 Å². The van der Waals surface area contributed by atoms with Crippen molar-refractivity contribution in [3.05, 3.63) is 194 Å². The van der Waals surface area contributed by atoms with Crippen molar-refractivity contribution in [2.45, 2.75) is 0 Å². The highest BCUT2D eigenvalue weighted by molar-refractivity contribution is 7.26. The molecule has 11 aromatic rings. The third-order valence-electron chi connectivity index (χ3n) is 11.1. The first-order valence-corrected chi connectivity index (χ1v) is 19.1. The summed E-state index contributed by atoms with van der Waals surface area (Å²) in [6.07, 6.45) is 0. The summed E-state index contributed by atoms with van der Waals surface area (Å²) in [5, 5.41) is 12.9. The summed E-state index contributed by atoms with van der Waals surface area (Å²) >= 11 is 1.91. The number of rotatable bonds is 4. The smallest absolute Gasteiger partial charge is 0.0434 e. The van der Waals surface area contributed by atoms with Crippen LogP contribution in [0.3, 0.4) is 0 Å². The van der Waals surface area contributed by atoms with Gasteiger partial charge in [-0.25, -0.2) is 0 Å². The summed E-state index contributed by atoms with van der Waals surface area (Å²) < 4.78 is 2.68. The van der Waals surface area contributed by atoms with Gasteiger partial charge in [-0.2, -0.15) is 0 Å². The third-order valence-corrected chi connectivity index (χ3v) is 12.3. The Bertz CT molecular complexity index is 3150. The van der Waals surface area contributed by atoms with E-state index in [-0.39, 0.29) is 0 Å². The quantitative estimate of drug-likeness (QED) is 0.162. The van der Waals surface area contributed by atoms with E-state index in [2.05, 4.69) is 194 Å². The summed E-state index contributed by atoms with van der Waals surface area (Å²) in [4.78, 5) is 0. The first kappa shape index (κ1) is 30.1. The van der Waals surface area contributed by atoms with Gasteiger partial charge in [-0.05, 0) is 93.7 Å². The Morgan fingerprint density at radius 3 is 1.47 bits per heavy atom. The van der Waals surface area contributed by atoms with Gasteiger partial charge in [-0.1, -0.05) is 188 Å². The Hall–Kier alpha value is -6.54. The lowest BCUT2D eigenvalue weighted by molar-refractivity contribution is 1.59. The van der Waals surface area contributed by atoms with Crippen LogP contribution in [0.25, 0.3) is 108 Å². The lowest BCUT2D eigenvalue weighted by Crippen LogP contribution is -1.91. The highest BCUT2D eigenvalue weighted by Crippen LogP contribution is 2.49. The molecule has 0 bridgehead atoms. The second-order valence-electron chi connectivity index (χ2n) is 13.9.